The molecule has 8 nitrogen and oxygen atoms in total. The van der Waals surface area contributed by atoms with E-state index < -0.39 is 0 Å². The fraction of sp³-hybridized carbons (Fsp3) is 0.353. The Morgan fingerprint density at radius 2 is 0.952 bits per heavy atom. The Balaban J connectivity index is 0.981. The Labute approximate surface area is 246 Å². The summed E-state index contributed by atoms with van der Waals surface area (Å²) in [6, 6.07) is 27.0. The molecule has 42 heavy (non-hydrogen) atoms. The van der Waals surface area contributed by atoms with Crippen LogP contribution in [0.4, 0.5) is 23.0 Å². The average Bonchev–Trinajstić information content (AvgIpc) is 3.68. The third-order valence-corrected chi connectivity index (χ3v) is 9.22. The highest BCUT2D eigenvalue weighted by Crippen LogP contribution is 2.31. The van der Waals surface area contributed by atoms with Crippen molar-refractivity contribution in [2.75, 3.05) is 10.6 Å². The molecule has 8 heteroatoms. The molecule has 3 aromatic carbocycles. The van der Waals surface area contributed by atoms with Crippen LogP contribution < -0.4 is 21.3 Å². The van der Waals surface area contributed by atoms with Gasteiger partial charge < -0.3 is 21.3 Å². The van der Waals surface area contributed by atoms with Crippen LogP contribution in [0, 0.1) is 0 Å². The summed E-state index contributed by atoms with van der Waals surface area (Å²) in [6.07, 6.45) is 9.97. The highest BCUT2D eigenvalue weighted by molar-refractivity contribution is 6.02. The van der Waals surface area contributed by atoms with Crippen LogP contribution in [0.3, 0.4) is 0 Å². The lowest BCUT2D eigenvalue weighted by atomic mass is 9.92. The molecule has 0 bridgehead atoms. The second-order valence-electron chi connectivity index (χ2n) is 12.0. The van der Waals surface area contributed by atoms with Crippen LogP contribution in [0.1, 0.15) is 62.5 Å². The van der Waals surface area contributed by atoms with Gasteiger partial charge in [-0.3, -0.25) is 9.98 Å². The molecule has 4 aromatic rings. The number of aliphatic imine (C=N–C) groups is 2. The number of amidine groups is 2. The standard InChI is InChI=1S/C34H36N8/c1-2-8-26-25(7-1)33(35-23-17-13-21(14-18-23)31-37-27-9-3-4-10-28(27)38-31)41-42-34(26)36-24-19-15-22(16-20-24)32-39-29-11-5-6-12-30(29)40-32/h1-2,7-8,13-20,27-30H,3-6,9-12H2,(H,35,41)(H,36,42)(H,37,38)(H,39,40). The molecule has 1 aromatic heterocycles. The first-order valence-electron chi connectivity index (χ1n) is 15.5. The molecule has 0 radical (unpaired) electrons. The van der Waals surface area contributed by atoms with Crippen molar-refractivity contribution in [3.05, 3.63) is 83.9 Å². The molecule has 4 unspecified atom stereocenters. The molecule has 0 spiro atoms. The first-order valence-corrected chi connectivity index (χ1v) is 15.5. The van der Waals surface area contributed by atoms with Crippen LogP contribution in [0.15, 0.2) is 82.8 Å². The molecule has 0 saturated heterocycles. The van der Waals surface area contributed by atoms with E-state index in [1.807, 2.05) is 12.1 Å². The molecule has 8 rings (SSSR count). The zero-order chi connectivity index (χ0) is 27.9. The fourth-order valence-electron chi connectivity index (χ4n) is 6.93. The van der Waals surface area contributed by atoms with Gasteiger partial charge in [-0.1, -0.05) is 49.9 Å². The predicted molar refractivity (Wildman–Crippen MR) is 170 cm³/mol. The van der Waals surface area contributed by atoms with Gasteiger partial charge in [-0.2, -0.15) is 0 Å². The Bertz CT molecular complexity index is 1540. The Morgan fingerprint density at radius 1 is 0.524 bits per heavy atom. The van der Waals surface area contributed by atoms with E-state index in [0.29, 0.717) is 24.2 Å². The van der Waals surface area contributed by atoms with Gasteiger partial charge in [-0.25, -0.2) is 0 Å². The summed E-state index contributed by atoms with van der Waals surface area (Å²) in [6.45, 7) is 0. The first kappa shape index (κ1) is 25.3. The number of benzene rings is 3. The SMILES string of the molecule is c1ccc2c(Nc3ccc(C4=NC5CCCCC5N4)cc3)nnc(Nc3ccc(C4=NC5CCCCC5N4)cc3)c2c1. The predicted octanol–water partition coefficient (Wildman–Crippen LogP) is 6.44. The third-order valence-electron chi connectivity index (χ3n) is 9.22. The fourth-order valence-corrected chi connectivity index (χ4v) is 6.93. The minimum Gasteiger partial charge on any atom is -0.365 e. The van der Waals surface area contributed by atoms with Crippen molar-refractivity contribution in [1.82, 2.24) is 20.8 Å². The minimum atomic E-state index is 0.432. The zero-order valence-corrected chi connectivity index (χ0v) is 23.7. The monoisotopic (exact) mass is 556 g/mol. The second-order valence-corrected chi connectivity index (χ2v) is 12.0. The maximum atomic E-state index is 4.97. The van der Waals surface area contributed by atoms with Crippen LogP contribution >= 0.6 is 0 Å². The first-order chi connectivity index (χ1) is 20.8. The van der Waals surface area contributed by atoms with E-state index in [1.54, 1.807) is 0 Å². The molecule has 212 valence electrons. The molecule has 4 N–H and O–H groups in total. The lowest BCUT2D eigenvalue weighted by molar-refractivity contribution is 0.385. The molecule has 2 aliphatic carbocycles. The number of aromatic nitrogens is 2. The zero-order valence-electron chi connectivity index (χ0n) is 23.7. The molecule has 2 fully saturated rings. The number of nitrogens with zero attached hydrogens (tertiary/aromatic N) is 4. The summed E-state index contributed by atoms with van der Waals surface area (Å²) in [5, 5.41) is 25.4. The molecular formula is C34H36N8. The van der Waals surface area contributed by atoms with Crippen LogP contribution in [-0.4, -0.2) is 46.0 Å². The molecule has 4 aliphatic rings. The number of fused-ring (bicyclic) bond motifs is 3. The quantitative estimate of drug-likeness (QED) is 0.218. The maximum Gasteiger partial charge on any atom is 0.161 e. The van der Waals surface area contributed by atoms with Gasteiger partial charge in [0.2, 0.25) is 0 Å². The number of rotatable bonds is 6. The van der Waals surface area contributed by atoms with Gasteiger partial charge in [0.1, 0.15) is 11.7 Å². The van der Waals surface area contributed by atoms with Crippen LogP contribution in [0.2, 0.25) is 0 Å². The topological polar surface area (TPSA) is 98.6 Å². The minimum absolute atomic E-state index is 0.432. The van der Waals surface area contributed by atoms with Crippen LogP contribution in [-0.2, 0) is 0 Å². The molecule has 4 atom stereocenters. The summed E-state index contributed by atoms with van der Waals surface area (Å²) in [7, 11) is 0. The van der Waals surface area contributed by atoms with Crippen molar-refractivity contribution in [3.63, 3.8) is 0 Å². The highest BCUT2D eigenvalue weighted by Gasteiger charge is 2.32. The van der Waals surface area contributed by atoms with Gasteiger partial charge >= 0.3 is 0 Å². The molecule has 2 saturated carbocycles. The van der Waals surface area contributed by atoms with Crippen molar-refractivity contribution in [3.8, 4) is 0 Å². The van der Waals surface area contributed by atoms with Gasteiger partial charge in [-0.05, 0) is 74.2 Å². The second kappa shape index (κ2) is 10.7. The number of hydrogen-bond donors (Lipinski definition) is 4. The number of anilines is 4. The summed E-state index contributed by atoms with van der Waals surface area (Å²) in [5.41, 5.74) is 4.19. The molecule has 2 aliphatic heterocycles. The van der Waals surface area contributed by atoms with Crippen LogP contribution in [0.25, 0.3) is 10.8 Å². The number of nitrogens with one attached hydrogen (secondary N) is 4. The summed E-state index contributed by atoms with van der Waals surface area (Å²) < 4.78 is 0. The average molecular weight is 557 g/mol. The van der Waals surface area contributed by atoms with E-state index >= 15 is 0 Å². The van der Waals surface area contributed by atoms with E-state index in [-0.39, 0.29) is 0 Å². The number of hydrogen-bond acceptors (Lipinski definition) is 8. The summed E-state index contributed by atoms with van der Waals surface area (Å²) >= 11 is 0. The summed E-state index contributed by atoms with van der Waals surface area (Å²) in [5.74, 6) is 3.51. The van der Waals surface area contributed by atoms with E-state index in [4.69, 9.17) is 9.98 Å². The Kier molecular flexibility index (Phi) is 6.46. The van der Waals surface area contributed by atoms with E-state index in [0.717, 1.165) is 56.6 Å². The highest BCUT2D eigenvalue weighted by atomic mass is 15.2. The van der Waals surface area contributed by atoms with Gasteiger partial charge in [0, 0.05) is 45.4 Å². The Morgan fingerprint density at radius 3 is 1.38 bits per heavy atom. The summed E-state index contributed by atoms with van der Waals surface area (Å²) in [4.78, 5) is 9.93. The van der Waals surface area contributed by atoms with Crippen LogP contribution in [0.5, 0.6) is 0 Å². The largest absolute Gasteiger partial charge is 0.365 e. The van der Waals surface area contributed by atoms with Crippen molar-refractivity contribution in [2.45, 2.75) is 75.5 Å². The molecular weight excluding hydrogens is 520 g/mol. The van der Waals surface area contributed by atoms with E-state index in [9.17, 15) is 0 Å². The normalized spacial score (nSPS) is 24.6. The van der Waals surface area contributed by atoms with Crippen molar-refractivity contribution in [2.24, 2.45) is 9.98 Å². The van der Waals surface area contributed by atoms with Gasteiger partial charge in [-0.15, -0.1) is 10.2 Å². The van der Waals surface area contributed by atoms with E-state index in [2.05, 4.69) is 92.1 Å². The van der Waals surface area contributed by atoms with Gasteiger partial charge in [0.05, 0.1) is 12.1 Å². The lowest BCUT2D eigenvalue weighted by Gasteiger charge is -2.23. The van der Waals surface area contributed by atoms with Crippen molar-refractivity contribution >= 4 is 45.5 Å². The smallest absolute Gasteiger partial charge is 0.161 e. The van der Waals surface area contributed by atoms with Gasteiger partial charge in [0.25, 0.3) is 0 Å². The Hall–Kier alpha value is -4.46. The third kappa shape index (κ3) is 4.85. The lowest BCUT2D eigenvalue weighted by Crippen LogP contribution is -2.36. The van der Waals surface area contributed by atoms with Crippen molar-refractivity contribution < 1.29 is 0 Å². The van der Waals surface area contributed by atoms with Crippen molar-refractivity contribution in [1.29, 1.82) is 0 Å². The van der Waals surface area contributed by atoms with E-state index in [1.165, 1.54) is 51.4 Å². The molecule has 0 amide bonds. The molecule has 3 heterocycles. The van der Waals surface area contributed by atoms with Gasteiger partial charge in [0.15, 0.2) is 11.6 Å². The maximum absolute atomic E-state index is 4.97.